The van der Waals surface area contributed by atoms with Crippen LogP contribution < -0.4 is 0 Å². The van der Waals surface area contributed by atoms with E-state index < -0.39 is 0 Å². The van der Waals surface area contributed by atoms with Crippen molar-refractivity contribution in [2.75, 3.05) is 0 Å². The Morgan fingerprint density at radius 2 is 1.84 bits per heavy atom. The molecule has 0 saturated heterocycles. The summed E-state index contributed by atoms with van der Waals surface area (Å²) >= 11 is 7.52. The molecule has 0 bridgehead atoms. The zero-order valence-corrected chi connectivity index (χ0v) is 11.9. The molecule has 0 saturated carbocycles. The molecule has 3 aromatic rings. The Labute approximate surface area is 120 Å². The molecule has 1 aromatic carbocycles. The highest BCUT2D eigenvalue weighted by Crippen LogP contribution is 2.29. The predicted octanol–water partition coefficient (Wildman–Crippen LogP) is 4.83. The molecule has 0 aliphatic rings. The van der Waals surface area contributed by atoms with Crippen molar-refractivity contribution in [1.29, 1.82) is 0 Å². The molecular formula is C15H11ClN2S. The van der Waals surface area contributed by atoms with Crippen LogP contribution >= 0.6 is 22.9 Å². The highest BCUT2D eigenvalue weighted by molar-refractivity contribution is 7.13. The van der Waals surface area contributed by atoms with Gasteiger partial charge < -0.3 is 0 Å². The number of pyridine rings is 1. The van der Waals surface area contributed by atoms with Crippen LogP contribution in [0.1, 0.15) is 5.56 Å². The lowest BCUT2D eigenvalue weighted by Gasteiger charge is -1.98. The second-order valence-electron chi connectivity index (χ2n) is 4.30. The second-order valence-corrected chi connectivity index (χ2v) is 5.59. The van der Waals surface area contributed by atoms with Gasteiger partial charge in [0.05, 0.1) is 5.69 Å². The third-order valence-electron chi connectivity index (χ3n) is 2.77. The number of rotatable bonds is 2. The van der Waals surface area contributed by atoms with E-state index in [-0.39, 0.29) is 0 Å². The Balaban J connectivity index is 1.97. The van der Waals surface area contributed by atoms with Gasteiger partial charge in [-0.3, -0.25) is 4.98 Å². The molecule has 0 fully saturated rings. The molecule has 2 aromatic heterocycles. The first-order valence-corrected chi connectivity index (χ1v) is 7.11. The number of aryl methyl sites for hydroxylation is 1. The van der Waals surface area contributed by atoms with Crippen LogP contribution in [0.25, 0.3) is 21.8 Å². The van der Waals surface area contributed by atoms with Crippen molar-refractivity contribution in [2.45, 2.75) is 6.92 Å². The van der Waals surface area contributed by atoms with Gasteiger partial charge in [0.1, 0.15) is 5.01 Å². The van der Waals surface area contributed by atoms with Crippen molar-refractivity contribution < 1.29 is 0 Å². The third-order valence-corrected chi connectivity index (χ3v) is 3.91. The molecule has 3 rings (SSSR count). The Bertz CT molecular complexity index is 704. The van der Waals surface area contributed by atoms with Crippen LogP contribution in [0.4, 0.5) is 0 Å². The third kappa shape index (κ3) is 2.67. The fourth-order valence-corrected chi connectivity index (χ4v) is 2.77. The van der Waals surface area contributed by atoms with Crippen LogP contribution in [0.2, 0.25) is 5.02 Å². The number of nitrogens with zero attached hydrogens (tertiary/aromatic N) is 2. The Hall–Kier alpha value is -1.71. The summed E-state index contributed by atoms with van der Waals surface area (Å²) in [5.74, 6) is 0. The van der Waals surface area contributed by atoms with Crippen LogP contribution in [-0.4, -0.2) is 9.97 Å². The molecule has 0 aliphatic carbocycles. The monoisotopic (exact) mass is 286 g/mol. The fourth-order valence-electron chi connectivity index (χ4n) is 1.83. The molecule has 0 unspecified atom stereocenters. The number of halogens is 1. The van der Waals surface area contributed by atoms with Crippen molar-refractivity contribution in [3.05, 3.63) is 58.7 Å². The summed E-state index contributed by atoms with van der Waals surface area (Å²) in [6.45, 7) is 2.03. The van der Waals surface area contributed by atoms with Crippen LogP contribution in [0, 0.1) is 6.92 Å². The molecule has 0 N–H and O–H groups in total. The van der Waals surface area contributed by atoms with E-state index in [9.17, 15) is 0 Å². The minimum Gasteiger partial charge on any atom is -0.264 e. The summed E-state index contributed by atoms with van der Waals surface area (Å²) in [5, 5.41) is 3.78. The molecule has 0 spiro atoms. The van der Waals surface area contributed by atoms with E-state index in [1.54, 1.807) is 11.3 Å². The van der Waals surface area contributed by atoms with Crippen LogP contribution in [0.3, 0.4) is 0 Å². The van der Waals surface area contributed by atoms with E-state index in [0.717, 1.165) is 32.4 Å². The molecule has 19 heavy (non-hydrogen) atoms. The lowest BCUT2D eigenvalue weighted by Crippen LogP contribution is -1.82. The molecule has 0 aliphatic heterocycles. The maximum absolute atomic E-state index is 5.89. The number of hydrogen-bond acceptors (Lipinski definition) is 3. The van der Waals surface area contributed by atoms with Crippen molar-refractivity contribution in [3.63, 3.8) is 0 Å². The van der Waals surface area contributed by atoms with Gasteiger partial charge in [0.25, 0.3) is 0 Å². The Morgan fingerprint density at radius 1 is 1.05 bits per heavy atom. The SMILES string of the molecule is Cc1cncc(-c2nc(-c3ccc(Cl)cc3)cs2)c1. The second kappa shape index (κ2) is 5.11. The van der Waals surface area contributed by atoms with Crippen LogP contribution in [-0.2, 0) is 0 Å². The maximum Gasteiger partial charge on any atom is 0.125 e. The number of aromatic nitrogens is 2. The first kappa shape index (κ1) is 12.3. The van der Waals surface area contributed by atoms with Crippen molar-refractivity contribution in [2.24, 2.45) is 0 Å². The fraction of sp³-hybridized carbons (Fsp3) is 0.0667. The van der Waals surface area contributed by atoms with Gasteiger partial charge in [-0.1, -0.05) is 23.7 Å². The van der Waals surface area contributed by atoms with Crippen molar-refractivity contribution in [3.8, 4) is 21.8 Å². The summed E-state index contributed by atoms with van der Waals surface area (Å²) in [5.41, 5.74) is 4.25. The zero-order valence-electron chi connectivity index (χ0n) is 10.3. The van der Waals surface area contributed by atoms with Gasteiger partial charge in [-0.05, 0) is 30.7 Å². The highest BCUT2D eigenvalue weighted by Gasteiger charge is 2.07. The smallest absolute Gasteiger partial charge is 0.125 e. The normalized spacial score (nSPS) is 10.6. The minimum atomic E-state index is 0.738. The van der Waals surface area contributed by atoms with Gasteiger partial charge >= 0.3 is 0 Å². The summed E-state index contributed by atoms with van der Waals surface area (Å²) in [6, 6.07) is 9.82. The van der Waals surface area contributed by atoms with Crippen molar-refractivity contribution in [1.82, 2.24) is 9.97 Å². The van der Waals surface area contributed by atoms with Gasteiger partial charge in [-0.15, -0.1) is 11.3 Å². The highest BCUT2D eigenvalue weighted by atomic mass is 35.5. The average Bonchev–Trinajstić information content (AvgIpc) is 2.89. The quantitative estimate of drug-likeness (QED) is 0.674. The van der Waals surface area contributed by atoms with Gasteiger partial charge in [-0.2, -0.15) is 0 Å². The summed E-state index contributed by atoms with van der Waals surface area (Å²) in [4.78, 5) is 8.86. The van der Waals surface area contributed by atoms with E-state index in [2.05, 4.69) is 21.4 Å². The molecule has 0 atom stereocenters. The largest absolute Gasteiger partial charge is 0.264 e. The zero-order chi connectivity index (χ0) is 13.2. The molecule has 0 amide bonds. The standard InChI is InChI=1S/C15H11ClN2S/c1-10-6-12(8-17-7-10)15-18-14(9-19-15)11-2-4-13(16)5-3-11/h2-9H,1H3. The number of benzene rings is 1. The minimum absolute atomic E-state index is 0.738. The molecule has 2 nitrogen and oxygen atoms in total. The van der Waals surface area contributed by atoms with Crippen LogP contribution in [0.5, 0.6) is 0 Å². The van der Waals surface area contributed by atoms with Gasteiger partial charge in [0.15, 0.2) is 0 Å². The molecular weight excluding hydrogens is 276 g/mol. The first-order chi connectivity index (χ1) is 9.22. The molecule has 4 heteroatoms. The Morgan fingerprint density at radius 3 is 2.58 bits per heavy atom. The van der Waals surface area contributed by atoms with E-state index in [4.69, 9.17) is 11.6 Å². The lowest BCUT2D eigenvalue weighted by molar-refractivity contribution is 1.26. The van der Waals surface area contributed by atoms with E-state index in [1.165, 1.54) is 0 Å². The van der Waals surface area contributed by atoms with Gasteiger partial charge in [0, 0.05) is 33.9 Å². The summed E-state index contributed by atoms with van der Waals surface area (Å²) in [6.07, 6.45) is 3.69. The molecule has 2 heterocycles. The topological polar surface area (TPSA) is 25.8 Å². The molecule has 94 valence electrons. The summed E-state index contributed by atoms with van der Waals surface area (Å²) in [7, 11) is 0. The van der Waals surface area contributed by atoms with E-state index in [1.807, 2.05) is 43.6 Å². The lowest BCUT2D eigenvalue weighted by atomic mass is 10.2. The average molecular weight is 287 g/mol. The van der Waals surface area contributed by atoms with E-state index in [0.29, 0.717) is 0 Å². The predicted molar refractivity (Wildman–Crippen MR) is 80.5 cm³/mol. The van der Waals surface area contributed by atoms with E-state index >= 15 is 0 Å². The van der Waals surface area contributed by atoms with Gasteiger partial charge in [0.2, 0.25) is 0 Å². The number of thiazole rings is 1. The maximum atomic E-state index is 5.89. The first-order valence-electron chi connectivity index (χ1n) is 5.86. The van der Waals surface area contributed by atoms with Gasteiger partial charge in [-0.25, -0.2) is 4.98 Å². The van der Waals surface area contributed by atoms with Crippen molar-refractivity contribution >= 4 is 22.9 Å². The summed E-state index contributed by atoms with van der Waals surface area (Å²) < 4.78 is 0. The Kier molecular flexibility index (Phi) is 3.32. The molecule has 0 radical (unpaired) electrons. The number of hydrogen-bond donors (Lipinski definition) is 0. The van der Waals surface area contributed by atoms with Crippen LogP contribution in [0.15, 0.2) is 48.1 Å².